The summed E-state index contributed by atoms with van der Waals surface area (Å²) in [5, 5.41) is 13.5. The van der Waals surface area contributed by atoms with Crippen molar-refractivity contribution in [3.8, 4) is 0 Å². The van der Waals surface area contributed by atoms with Crippen LogP contribution in [0.3, 0.4) is 0 Å². The first-order chi connectivity index (χ1) is 10.2. The van der Waals surface area contributed by atoms with Crippen molar-refractivity contribution in [2.45, 2.75) is 32.8 Å². The molecule has 0 aliphatic carbocycles. The number of piperidine rings is 1. The van der Waals surface area contributed by atoms with E-state index in [1.54, 1.807) is 12.4 Å². The maximum atomic E-state index is 10.2. The van der Waals surface area contributed by atoms with E-state index in [1.807, 2.05) is 12.1 Å². The van der Waals surface area contributed by atoms with Crippen LogP contribution in [0.4, 0.5) is 0 Å². The predicted molar refractivity (Wildman–Crippen MR) is 101 cm³/mol. The quantitative estimate of drug-likeness (QED) is 0.448. The van der Waals surface area contributed by atoms with Crippen LogP contribution in [0.15, 0.2) is 29.5 Å². The number of aromatic nitrogens is 1. The minimum Gasteiger partial charge on any atom is -0.386 e. The highest BCUT2D eigenvalue weighted by Gasteiger charge is 2.18. The minimum absolute atomic E-state index is 0. The largest absolute Gasteiger partial charge is 0.386 e. The Kier molecular flexibility index (Phi) is 8.70. The molecule has 2 heterocycles. The molecule has 1 fully saturated rings. The molecule has 1 aromatic rings. The molecule has 1 atom stereocenters. The number of guanidine groups is 1. The number of hydrogen-bond acceptors (Lipinski definition) is 3. The van der Waals surface area contributed by atoms with E-state index in [0.717, 1.165) is 37.1 Å². The van der Waals surface area contributed by atoms with E-state index >= 15 is 0 Å². The van der Waals surface area contributed by atoms with Gasteiger partial charge in [-0.3, -0.25) is 9.98 Å². The van der Waals surface area contributed by atoms with Gasteiger partial charge in [-0.2, -0.15) is 0 Å². The fraction of sp³-hybridized carbons (Fsp3) is 0.625. The molecule has 2 N–H and O–H groups in total. The van der Waals surface area contributed by atoms with Crippen molar-refractivity contribution in [3.63, 3.8) is 0 Å². The molecule has 1 unspecified atom stereocenters. The molecule has 6 heteroatoms. The number of aliphatic imine (C=N–C) groups is 1. The number of aliphatic hydroxyl groups excluding tert-OH is 1. The minimum atomic E-state index is -0.578. The standard InChI is InChI=1S/C16H26N4O.HI/c1-3-18-16(20-10-6-13(2)7-11-20)19-12-15(21)14-4-8-17-9-5-14;/h4-5,8-9,13,15,21H,3,6-7,10-12H2,1-2H3,(H,18,19);1H. The van der Waals surface area contributed by atoms with Gasteiger partial charge in [-0.05, 0) is 43.4 Å². The SMILES string of the molecule is CCNC(=NCC(O)c1ccncc1)N1CCC(C)CC1.I. The van der Waals surface area contributed by atoms with E-state index < -0.39 is 6.10 Å². The Hall–Kier alpha value is -0.890. The molecule has 0 amide bonds. The number of rotatable bonds is 4. The lowest BCUT2D eigenvalue weighted by Gasteiger charge is -2.33. The molecule has 1 aliphatic rings. The second-order valence-electron chi connectivity index (χ2n) is 5.66. The Balaban J connectivity index is 0.00000242. The van der Waals surface area contributed by atoms with E-state index in [2.05, 4.69) is 34.0 Å². The molecule has 1 saturated heterocycles. The molecule has 124 valence electrons. The molecule has 0 radical (unpaired) electrons. The van der Waals surface area contributed by atoms with Crippen LogP contribution in [0.5, 0.6) is 0 Å². The van der Waals surface area contributed by atoms with Crippen molar-refractivity contribution in [2.24, 2.45) is 10.9 Å². The zero-order chi connectivity index (χ0) is 15.1. The maximum absolute atomic E-state index is 10.2. The van der Waals surface area contributed by atoms with Crippen LogP contribution in [0.25, 0.3) is 0 Å². The predicted octanol–water partition coefficient (Wildman–Crippen LogP) is 2.43. The van der Waals surface area contributed by atoms with Crippen LogP contribution in [0.1, 0.15) is 38.4 Å². The summed E-state index contributed by atoms with van der Waals surface area (Å²) in [7, 11) is 0. The Labute approximate surface area is 150 Å². The first-order valence-electron chi connectivity index (χ1n) is 7.82. The lowest BCUT2D eigenvalue weighted by atomic mass is 10.00. The summed E-state index contributed by atoms with van der Waals surface area (Å²) >= 11 is 0. The van der Waals surface area contributed by atoms with Gasteiger partial charge < -0.3 is 15.3 Å². The van der Waals surface area contributed by atoms with Gasteiger partial charge in [-0.1, -0.05) is 6.92 Å². The first kappa shape index (κ1) is 19.2. The zero-order valence-electron chi connectivity index (χ0n) is 13.4. The van der Waals surface area contributed by atoms with Gasteiger partial charge in [0, 0.05) is 32.0 Å². The van der Waals surface area contributed by atoms with E-state index in [1.165, 1.54) is 12.8 Å². The Bertz CT molecular complexity index is 447. The molecule has 1 aromatic heterocycles. The highest BCUT2D eigenvalue weighted by molar-refractivity contribution is 14.0. The highest BCUT2D eigenvalue weighted by Crippen LogP contribution is 2.16. The fourth-order valence-electron chi connectivity index (χ4n) is 2.51. The van der Waals surface area contributed by atoms with Crippen molar-refractivity contribution in [1.82, 2.24) is 15.2 Å². The number of nitrogens with one attached hydrogen (secondary N) is 1. The van der Waals surface area contributed by atoms with Gasteiger partial charge in [0.05, 0.1) is 12.6 Å². The Morgan fingerprint density at radius 3 is 2.64 bits per heavy atom. The smallest absolute Gasteiger partial charge is 0.194 e. The Morgan fingerprint density at radius 2 is 2.05 bits per heavy atom. The van der Waals surface area contributed by atoms with Crippen LogP contribution < -0.4 is 5.32 Å². The van der Waals surface area contributed by atoms with Gasteiger partial charge in [0.15, 0.2) is 5.96 Å². The third-order valence-corrected chi connectivity index (χ3v) is 3.92. The van der Waals surface area contributed by atoms with Crippen LogP contribution in [-0.2, 0) is 0 Å². The highest BCUT2D eigenvalue weighted by atomic mass is 127. The van der Waals surface area contributed by atoms with Crippen molar-refractivity contribution < 1.29 is 5.11 Å². The first-order valence-corrected chi connectivity index (χ1v) is 7.82. The van der Waals surface area contributed by atoms with Crippen LogP contribution >= 0.6 is 24.0 Å². The van der Waals surface area contributed by atoms with Crippen molar-refractivity contribution in [3.05, 3.63) is 30.1 Å². The summed E-state index contributed by atoms with van der Waals surface area (Å²) in [6.45, 7) is 7.67. The second kappa shape index (κ2) is 9.99. The van der Waals surface area contributed by atoms with E-state index in [0.29, 0.717) is 6.54 Å². The van der Waals surface area contributed by atoms with E-state index in [4.69, 9.17) is 0 Å². The van der Waals surface area contributed by atoms with Crippen LogP contribution in [-0.4, -0.2) is 47.1 Å². The summed E-state index contributed by atoms with van der Waals surface area (Å²) in [6.07, 6.45) is 5.22. The summed E-state index contributed by atoms with van der Waals surface area (Å²) < 4.78 is 0. The molecule has 0 aromatic carbocycles. The van der Waals surface area contributed by atoms with Crippen molar-refractivity contribution in [2.75, 3.05) is 26.2 Å². The summed E-state index contributed by atoms with van der Waals surface area (Å²) in [6, 6.07) is 3.66. The molecule has 0 bridgehead atoms. The third-order valence-electron chi connectivity index (χ3n) is 3.92. The van der Waals surface area contributed by atoms with Gasteiger partial charge in [0.2, 0.25) is 0 Å². The van der Waals surface area contributed by atoms with Gasteiger partial charge in [-0.15, -0.1) is 24.0 Å². The number of hydrogen-bond donors (Lipinski definition) is 2. The average Bonchev–Trinajstić information content (AvgIpc) is 2.53. The van der Waals surface area contributed by atoms with Crippen molar-refractivity contribution >= 4 is 29.9 Å². The lowest BCUT2D eigenvalue weighted by molar-refractivity contribution is 0.186. The second-order valence-corrected chi connectivity index (χ2v) is 5.66. The molecule has 1 aliphatic heterocycles. The number of likely N-dealkylation sites (tertiary alicyclic amines) is 1. The number of halogens is 1. The monoisotopic (exact) mass is 418 g/mol. The van der Waals surface area contributed by atoms with E-state index in [9.17, 15) is 5.11 Å². The zero-order valence-corrected chi connectivity index (χ0v) is 15.7. The van der Waals surface area contributed by atoms with Gasteiger partial charge in [-0.25, -0.2) is 0 Å². The molecule has 0 saturated carbocycles. The van der Waals surface area contributed by atoms with Crippen LogP contribution in [0, 0.1) is 5.92 Å². The van der Waals surface area contributed by atoms with Gasteiger partial charge in [0.25, 0.3) is 0 Å². The molecular weight excluding hydrogens is 391 g/mol. The number of aliphatic hydroxyl groups is 1. The van der Waals surface area contributed by atoms with Gasteiger partial charge >= 0.3 is 0 Å². The number of pyridine rings is 1. The van der Waals surface area contributed by atoms with Crippen molar-refractivity contribution in [1.29, 1.82) is 0 Å². The summed E-state index contributed by atoms with van der Waals surface area (Å²) in [5.41, 5.74) is 0.858. The lowest BCUT2D eigenvalue weighted by Crippen LogP contribution is -2.45. The summed E-state index contributed by atoms with van der Waals surface area (Å²) in [5.74, 6) is 1.71. The molecular formula is C16H27IN4O. The van der Waals surface area contributed by atoms with Crippen LogP contribution in [0.2, 0.25) is 0 Å². The fourth-order valence-corrected chi connectivity index (χ4v) is 2.51. The molecule has 0 spiro atoms. The number of nitrogens with zero attached hydrogens (tertiary/aromatic N) is 3. The average molecular weight is 418 g/mol. The topological polar surface area (TPSA) is 60.8 Å². The molecule has 22 heavy (non-hydrogen) atoms. The van der Waals surface area contributed by atoms with E-state index in [-0.39, 0.29) is 24.0 Å². The van der Waals surface area contributed by atoms with Gasteiger partial charge in [0.1, 0.15) is 0 Å². The molecule has 2 rings (SSSR count). The third kappa shape index (κ3) is 5.72. The maximum Gasteiger partial charge on any atom is 0.194 e. The normalized spacial score (nSPS) is 17.8. The Morgan fingerprint density at radius 1 is 1.41 bits per heavy atom. The summed E-state index contributed by atoms with van der Waals surface area (Å²) in [4.78, 5) is 10.9. The molecule has 5 nitrogen and oxygen atoms in total.